The van der Waals surface area contributed by atoms with E-state index in [-0.39, 0.29) is 27.8 Å². The van der Waals surface area contributed by atoms with Gasteiger partial charge in [0.05, 0.1) is 12.7 Å². The Bertz CT molecular complexity index is 1390. The molecule has 2 heterocycles. The van der Waals surface area contributed by atoms with Crippen LogP contribution in [0.15, 0.2) is 40.1 Å². The number of anilines is 1. The molecule has 10 heteroatoms. The molecule has 0 amide bonds. The Balaban J connectivity index is 1.92. The Labute approximate surface area is 247 Å². The minimum atomic E-state index is -2.14. The predicted octanol–water partition coefficient (Wildman–Crippen LogP) is 5.70. The minimum absolute atomic E-state index is 0.0122. The first-order valence-electron chi connectivity index (χ1n) is 14.3. The molecule has 0 saturated carbocycles. The van der Waals surface area contributed by atoms with E-state index in [2.05, 4.69) is 84.6 Å². The van der Waals surface area contributed by atoms with Gasteiger partial charge in [-0.05, 0) is 60.5 Å². The van der Waals surface area contributed by atoms with Gasteiger partial charge in [-0.2, -0.15) is 0 Å². The zero-order chi connectivity index (χ0) is 31.0. The fraction of sp³-hybridized carbons (Fsp3) is 0.613. The van der Waals surface area contributed by atoms with Crippen LogP contribution in [0, 0.1) is 11.8 Å². The van der Waals surface area contributed by atoms with Gasteiger partial charge in [-0.25, -0.2) is 4.79 Å². The molecule has 0 bridgehead atoms. The van der Waals surface area contributed by atoms with E-state index in [0.29, 0.717) is 13.0 Å². The van der Waals surface area contributed by atoms with Gasteiger partial charge in [0.15, 0.2) is 16.6 Å². The first-order valence-corrected chi connectivity index (χ1v) is 20.2. The highest BCUT2D eigenvalue weighted by atomic mass is 28.4. The summed E-state index contributed by atoms with van der Waals surface area (Å²) in [7, 11) is -0.238. The highest BCUT2D eigenvalue weighted by Crippen LogP contribution is 2.42. The molecule has 1 aliphatic rings. The summed E-state index contributed by atoms with van der Waals surface area (Å²) < 4.78 is 21.3. The van der Waals surface area contributed by atoms with Gasteiger partial charge in [0.25, 0.3) is 5.56 Å². The number of H-pyrrole nitrogens is 1. The van der Waals surface area contributed by atoms with Crippen LogP contribution in [0.4, 0.5) is 5.69 Å². The van der Waals surface area contributed by atoms with Crippen LogP contribution < -0.4 is 16.1 Å². The molecule has 1 aliphatic heterocycles. The fourth-order valence-corrected chi connectivity index (χ4v) is 6.35. The molecule has 3 atom stereocenters. The van der Waals surface area contributed by atoms with E-state index in [1.165, 1.54) is 10.8 Å². The van der Waals surface area contributed by atoms with Gasteiger partial charge in [0.1, 0.15) is 17.9 Å². The molecule has 8 nitrogen and oxygen atoms in total. The predicted molar refractivity (Wildman–Crippen MR) is 172 cm³/mol. The average Bonchev–Trinajstić information content (AvgIpc) is 3.22. The molecular weight excluding hydrogens is 551 g/mol. The summed E-state index contributed by atoms with van der Waals surface area (Å²) in [5, 5.41) is 0.0647. The van der Waals surface area contributed by atoms with E-state index >= 15 is 0 Å². The standard InChI is InChI=1S/C31H49N3O5Si2/c1-30(2,3)40(9,10)37-21-26-25(39-41(11,12)31(4,5)6)19-27(38-26)34-20-23(28(35)32-29(34)36)16-13-22-14-17-24(18-15-22)33(7)8/h14-15,17-18,20,25-27H,19,21H2,1-12H3,(H,32,35,36)/t25-,26+,27+/m0/s1. The number of ether oxygens (including phenoxy) is 1. The third kappa shape index (κ3) is 7.90. The number of rotatable bonds is 7. The largest absolute Gasteiger partial charge is 0.414 e. The molecule has 1 saturated heterocycles. The maximum Gasteiger partial charge on any atom is 0.330 e. The van der Waals surface area contributed by atoms with Gasteiger partial charge in [-0.1, -0.05) is 53.4 Å². The first-order chi connectivity index (χ1) is 18.7. The van der Waals surface area contributed by atoms with Crippen molar-refractivity contribution < 1.29 is 13.6 Å². The number of nitrogens with one attached hydrogen (secondary N) is 1. The molecule has 3 rings (SSSR count). The smallest absolute Gasteiger partial charge is 0.330 e. The Morgan fingerprint density at radius 2 is 1.56 bits per heavy atom. The minimum Gasteiger partial charge on any atom is -0.414 e. The SMILES string of the molecule is CN(C)c1ccc(C#Cc2cn([C@H]3C[C@H](O[Si](C)(C)C(C)(C)C)[C@@H](CO[Si](C)(C)C(C)(C)C)O3)c(=O)[nH]c2=O)cc1. The van der Waals surface area contributed by atoms with Crippen LogP contribution in [0.2, 0.25) is 36.3 Å². The third-order valence-corrected chi connectivity index (χ3v) is 17.9. The van der Waals surface area contributed by atoms with Crippen LogP contribution >= 0.6 is 0 Å². The quantitative estimate of drug-likeness (QED) is 0.325. The zero-order valence-corrected chi connectivity index (χ0v) is 29.0. The van der Waals surface area contributed by atoms with Crippen molar-refractivity contribution in [2.45, 2.75) is 103 Å². The molecule has 0 spiro atoms. The summed E-state index contributed by atoms with van der Waals surface area (Å²) in [6.45, 7) is 22.5. The molecule has 226 valence electrons. The van der Waals surface area contributed by atoms with Gasteiger partial charge < -0.3 is 18.5 Å². The number of benzene rings is 1. The van der Waals surface area contributed by atoms with Gasteiger partial charge >= 0.3 is 5.69 Å². The number of aromatic nitrogens is 2. The van der Waals surface area contributed by atoms with Gasteiger partial charge in [-0.15, -0.1) is 0 Å². The van der Waals surface area contributed by atoms with Crippen molar-refractivity contribution >= 4 is 22.3 Å². The highest BCUT2D eigenvalue weighted by Gasteiger charge is 2.46. The van der Waals surface area contributed by atoms with Crippen LogP contribution in [0.25, 0.3) is 0 Å². The van der Waals surface area contributed by atoms with E-state index in [1.54, 1.807) is 0 Å². The molecule has 0 unspecified atom stereocenters. The second-order valence-corrected chi connectivity index (χ2v) is 23.8. The van der Waals surface area contributed by atoms with Crippen LogP contribution in [-0.4, -0.2) is 59.1 Å². The number of hydrogen-bond acceptors (Lipinski definition) is 6. The summed E-state index contributed by atoms with van der Waals surface area (Å²) in [5.74, 6) is 5.99. The molecule has 0 aliphatic carbocycles. The summed E-state index contributed by atoms with van der Waals surface area (Å²) >= 11 is 0. The lowest BCUT2D eigenvalue weighted by atomic mass is 10.2. The molecule has 1 aromatic carbocycles. The fourth-order valence-electron chi connectivity index (χ4n) is 3.98. The van der Waals surface area contributed by atoms with Gasteiger partial charge in [0.2, 0.25) is 0 Å². The lowest BCUT2D eigenvalue weighted by Gasteiger charge is -2.40. The highest BCUT2D eigenvalue weighted by molar-refractivity contribution is 6.74. The van der Waals surface area contributed by atoms with Crippen LogP contribution in [0.5, 0.6) is 0 Å². The topological polar surface area (TPSA) is 85.8 Å². The first kappa shape index (κ1) is 33.1. The average molecular weight is 600 g/mol. The van der Waals surface area contributed by atoms with Crippen molar-refractivity contribution in [1.29, 1.82) is 0 Å². The summed E-state index contributed by atoms with van der Waals surface area (Å²) in [4.78, 5) is 30.1. The maximum absolute atomic E-state index is 13.0. The van der Waals surface area contributed by atoms with E-state index in [4.69, 9.17) is 13.6 Å². The van der Waals surface area contributed by atoms with Gasteiger partial charge in [-0.3, -0.25) is 14.3 Å². The second-order valence-electron chi connectivity index (χ2n) is 14.3. The van der Waals surface area contributed by atoms with Crippen LogP contribution in [-0.2, 0) is 13.6 Å². The van der Waals surface area contributed by atoms with Crippen molar-refractivity contribution in [1.82, 2.24) is 9.55 Å². The number of aromatic amines is 1. The molecule has 1 fully saturated rings. The zero-order valence-electron chi connectivity index (χ0n) is 27.0. The summed E-state index contributed by atoms with van der Waals surface area (Å²) in [6, 6.07) is 7.75. The maximum atomic E-state index is 13.0. The molecule has 1 N–H and O–H groups in total. The third-order valence-electron chi connectivity index (χ3n) is 8.85. The second kappa shape index (κ2) is 12.1. The Morgan fingerprint density at radius 3 is 2.10 bits per heavy atom. The Morgan fingerprint density at radius 1 is 0.976 bits per heavy atom. The lowest BCUT2D eigenvalue weighted by Crippen LogP contribution is -2.48. The van der Waals surface area contributed by atoms with Crippen molar-refractivity contribution in [3.63, 3.8) is 0 Å². The summed E-state index contributed by atoms with van der Waals surface area (Å²) in [5.41, 5.74) is 0.983. The van der Waals surface area contributed by atoms with E-state index < -0.39 is 34.1 Å². The monoisotopic (exact) mass is 599 g/mol. The number of hydrogen-bond donors (Lipinski definition) is 1. The molecule has 1 aromatic heterocycles. The molecule has 41 heavy (non-hydrogen) atoms. The molecule has 0 radical (unpaired) electrons. The van der Waals surface area contributed by atoms with E-state index in [1.807, 2.05) is 43.3 Å². The Kier molecular flexibility index (Phi) is 9.73. The van der Waals surface area contributed by atoms with Crippen molar-refractivity contribution in [3.8, 4) is 11.8 Å². The number of nitrogens with zero attached hydrogens (tertiary/aromatic N) is 2. The summed E-state index contributed by atoms with van der Waals surface area (Å²) in [6.07, 6.45) is 0.791. The lowest BCUT2D eigenvalue weighted by molar-refractivity contribution is -0.0412. The Hall–Kier alpha value is -2.43. The van der Waals surface area contributed by atoms with E-state index in [0.717, 1.165) is 11.3 Å². The van der Waals surface area contributed by atoms with E-state index in [9.17, 15) is 9.59 Å². The van der Waals surface area contributed by atoms with Crippen molar-refractivity contribution in [2.24, 2.45) is 0 Å². The molecular formula is C31H49N3O5Si2. The van der Waals surface area contributed by atoms with Crippen molar-refractivity contribution in [3.05, 3.63) is 62.4 Å². The van der Waals surface area contributed by atoms with Crippen LogP contribution in [0.1, 0.15) is 65.3 Å². The van der Waals surface area contributed by atoms with Crippen molar-refractivity contribution in [2.75, 3.05) is 25.6 Å². The normalized spacial score (nSPS) is 20.0. The van der Waals surface area contributed by atoms with Gasteiger partial charge in [0, 0.05) is 38.0 Å². The molecule has 2 aromatic rings. The van der Waals surface area contributed by atoms with Crippen LogP contribution in [0.3, 0.4) is 0 Å².